The molecule has 1 aromatic carbocycles. The highest BCUT2D eigenvalue weighted by Crippen LogP contribution is 2.41. The van der Waals surface area contributed by atoms with Crippen LogP contribution in [0.25, 0.3) is 0 Å². The standard InChI is InChI=1S/C22H27F2N3O3/c1-13(2)22(28)26-21-19-11-27(29,10-16(19)5-6-25-21)15(4)17-7-14(3)8-18(9-17)30-12-20(23)24/h5-9,13,15,20H,10-12H2,1-4H3,(H,25,26,28). The van der Waals surface area contributed by atoms with Crippen LogP contribution in [0.5, 0.6) is 5.75 Å². The van der Waals surface area contributed by atoms with Gasteiger partial charge in [0.1, 0.15) is 37.3 Å². The first-order chi connectivity index (χ1) is 14.1. The average Bonchev–Trinajstić information content (AvgIpc) is 3.03. The van der Waals surface area contributed by atoms with E-state index in [4.69, 9.17) is 4.74 Å². The summed E-state index contributed by atoms with van der Waals surface area (Å²) in [5.41, 5.74) is 3.16. The SMILES string of the molecule is Cc1cc(OCC(F)F)cc(C(C)[N+]2([O-])Cc3ccnc(NC(=O)C(C)C)c3C2)c1. The Morgan fingerprint density at radius 2 is 2.00 bits per heavy atom. The molecule has 2 aromatic rings. The van der Waals surface area contributed by atoms with E-state index in [1.165, 1.54) is 0 Å². The lowest BCUT2D eigenvalue weighted by Crippen LogP contribution is -2.38. The fraction of sp³-hybridized carbons (Fsp3) is 0.455. The molecule has 2 unspecified atom stereocenters. The van der Waals surface area contributed by atoms with Gasteiger partial charge in [-0.05, 0) is 43.7 Å². The van der Waals surface area contributed by atoms with Crippen molar-refractivity contribution >= 4 is 11.7 Å². The lowest BCUT2D eigenvalue weighted by Gasteiger charge is -2.44. The van der Waals surface area contributed by atoms with E-state index < -0.39 is 23.7 Å². The largest absolute Gasteiger partial charge is 0.632 e. The number of aryl methyl sites for hydroxylation is 1. The summed E-state index contributed by atoms with van der Waals surface area (Å²) < 4.78 is 29.6. The van der Waals surface area contributed by atoms with Crippen molar-refractivity contribution in [2.24, 2.45) is 5.92 Å². The summed E-state index contributed by atoms with van der Waals surface area (Å²) in [7, 11) is 0. The van der Waals surface area contributed by atoms with Crippen molar-refractivity contribution in [1.29, 1.82) is 0 Å². The molecule has 0 aliphatic carbocycles. The van der Waals surface area contributed by atoms with Gasteiger partial charge in [0.25, 0.3) is 6.43 Å². The van der Waals surface area contributed by atoms with E-state index in [9.17, 15) is 18.8 Å². The van der Waals surface area contributed by atoms with Gasteiger partial charge in [-0.1, -0.05) is 13.8 Å². The van der Waals surface area contributed by atoms with Crippen LogP contribution in [0, 0.1) is 18.0 Å². The van der Waals surface area contributed by atoms with Crippen LogP contribution in [-0.4, -0.2) is 28.6 Å². The summed E-state index contributed by atoms with van der Waals surface area (Å²) in [4.78, 5) is 16.4. The molecule has 0 spiro atoms. The number of nitrogens with zero attached hydrogens (tertiary/aromatic N) is 2. The number of carbonyl (C=O) groups is 1. The Hall–Kier alpha value is -2.58. The van der Waals surface area contributed by atoms with Crippen LogP contribution in [0.3, 0.4) is 0 Å². The Balaban J connectivity index is 1.85. The maximum absolute atomic E-state index is 13.8. The van der Waals surface area contributed by atoms with Crippen molar-refractivity contribution in [3.63, 3.8) is 0 Å². The Bertz CT molecular complexity index is 936. The quantitative estimate of drug-likeness (QED) is 0.521. The summed E-state index contributed by atoms with van der Waals surface area (Å²) in [6.45, 7) is 6.96. The third kappa shape index (κ3) is 4.76. The van der Waals surface area contributed by atoms with Crippen LogP contribution >= 0.6 is 0 Å². The molecule has 30 heavy (non-hydrogen) atoms. The number of anilines is 1. The number of alkyl halides is 2. The molecular formula is C22H27F2N3O3. The fourth-order valence-electron chi connectivity index (χ4n) is 3.64. The zero-order valence-electron chi connectivity index (χ0n) is 17.6. The minimum absolute atomic E-state index is 0.153. The van der Waals surface area contributed by atoms with E-state index >= 15 is 0 Å². The normalized spacial score (nSPS) is 19.1. The smallest absolute Gasteiger partial charge is 0.272 e. The van der Waals surface area contributed by atoms with Crippen molar-refractivity contribution < 1.29 is 23.0 Å². The van der Waals surface area contributed by atoms with Crippen molar-refractivity contribution in [3.8, 4) is 5.75 Å². The molecule has 2 heterocycles. The lowest BCUT2D eigenvalue weighted by molar-refractivity contribution is -0.928. The molecule has 162 valence electrons. The number of benzene rings is 1. The van der Waals surface area contributed by atoms with Crippen LogP contribution in [-0.2, 0) is 17.9 Å². The minimum Gasteiger partial charge on any atom is -0.632 e. The molecule has 0 bridgehead atoms. The zero-order valence-corrected chi connectivity index (χ0v) is 17.6. The molecule has 2 atom stereocenters. The second kappa shape index (κ2) is 8.65. The molecule has 8 heteroatoms. The molecule has 6 nitrogen and oxygen atoms in total. The van der Waals surface area contributed by atoms with Crippen LogP contribution in [0.2, 0.25) is 0 Å². The molecule has 0 fully saturated rings. The number of aromatic nitrogens is 1. The van der Waals surface area contributed by atoms with Crippen LogP contribution in [0.4, 0.5) is 14.6 Å². The predicted octanol–water partition coefficient (Wildman–Crippen LogP) is 4.72. The topological polar surface area (TPSA) is 74.3 Å². The van der Waals surface area contributed by atoms with Crippen molar-refractivity contribution in [2.45, 2.75) is 53.3 Å². The van der Waals surface area contributed by atoms with E-state index in [0.29, 0.717) is 11.6 Å². The van der Waals surface area contributed by atoms with Crippen molar-refractivity contribution in [2.75, 3.05) is 11.9 Å². The van der Waals surface area contributed by atoms with E-state index in [2.05, 4.69) is 10.3 Å². The Labute approximate surface area is 175 Å². The first kappa shape index (κ1) is 22.1. The van der Waals surface area contributed by atoms with E-state index in [1.54, 1.807) is 38.2 Å². The number of nitrogens with one attached hydrogen (secondary N) is 1. The summed E-state index contributed by atoms with van der Waals surface area (Å²) in [5, 5.41) is 16.6. The van der Waals surface area contributed by atoms with E-state index in [0.717, 1.165) is 22.3 Å². The van der Waals surface area contributed by atoms with E-state index in [1.807, 2.05) is 19.9 Å². The Morgan fingerprint density at radius 1 is 1.27 bits per heavy atom. The van der Waals surface area contributed by atoms with Crippen LogP contribution in [0.15, 0.2) is 30.5 Å². The molecule has 0 radical (unpaired) electrons. The second-order valence-electron chi connectivity index (χ2n) is 8.17. The van der Waals surface area contributed by atoms with Gasteiger partial charge in [0.05, 0.1) is 5.56 Å². The highest BCUT2D eigenvalue weighted by molar-refractivity contribution is 5.92. The predicted molar refractivity (Wildman–Crippen MR) is 110 cm³/mol. The number of fused-ring (bicyclic) bond motifs is 1. The summed E-state index contributed by atoms with van der Waals surface area (Å²) in [6, 6.07) is 6.55. The Kier molecular flexibility index (Phi) is 6.38. The average molecular weight is 419 g/mol. The van der Waals surface area contributed by atoms with Gasteiger partial charge < -0.3 is 19.9 Å². The molecular weight excluding hydrogens is 392 g/mol. The van der Waals surface area contributed by atoms with Gasteiger partial charge in [-0.25, -0.2) is 13.8 Å². The summed E-state index contributed by atoms with van der Waals surface area (Å²) >= 11 is 0. The number of hydrogen-bond acceptors (Lipinski definition) is 4. The van der Waals surface area contributed by atoms with Gasteiger partial charge in [0.15, 0.2) is 0 Å². The van der Waals surface area contributed by atoms with Crippen LogP contribution < -0.4 is 10.1 Å². The van der Waals surface area contributed by atoms with Crippen LogP contribution in [0.1, 0.15) is 49.1 Å². The summed E-state index contributed by atoms with van der Waals surface area (Å²) in [6.07, 6.45) is -0.970. The number of rotatable bonds is 7. The monoisotopic (exact) mass is 419 g/mol. The van der Waals surface area contributed by atoms with Gasteiger partial charge in [-0.15, -0.1) is 0 Å². The third-order valence-electron chi connectivity index (χ3n) is 5.42. The van der Waals surface area contributed by atoms with Crippen molar-refractivity contribution in [3.05, 3.63) is 57.9 Å². The number of hydrogen-bond donors (Lipinski definition) is 1. The molecule has 0 saturated heterocycles. The third-order valence-corrected chi connectivity index (χ3v) is 5.42. The van der Waals surface area contributed by atoms with Gasteiger partial charge >= 0.3 is 0 Å². The first-order valence-corrected chi connectivity index (χ1v) is 9.97. The number of halogens is 2. The fourth-order valence-corrected chi connectivity index (χ4v) is 3.64. The maximum Gasteiger partial charge on any atom is 0.272 e. The lowest BCUT2D eigenvalue weighted by atomic mass is 10.0. The minimum atomic E-state index is -2.57. The van der Waals surface area contributed by atoms with Gasteiger partial charge in [-0.2, -0.15) is 0 Å². The highest BCUT2D eigenvalue weighted by Gasteiger charge is 2.36. The van der Waals surface area contributed by atoms with Gasteiger partial charge in [0, 0.05) is 23.2 Å². The second-order valence-corrected chi connectivity index (χ2v) is 8.17. The number of amides is 1. The summed E-state index contributed by atoms with van der Waals surface area (Å²) in [5.74, 6) is 0.402. The molecule has 1 aliphatic heterocycles. The number of pyridine rings is 1. The molecule has 1 N–H and O–H groups in total. The van der Waals surface area contributed by atoms with Crippen molar-refractivity contribution in [1.82, 2.24) is 4.98 Å². The number of ether oxygens (including phenoxy) is 1. The van der Waals surface area contributed by atoms with Gasteiger partial charge in [-0.3, -0.25) is 4.79 Å². The molecule has 0 saturated carbocycles. The number of hydroxylamine groups is 3. The molecule has 3 rings (SSSR count). The molecule has 1 aromatic heterocycles. The zero-order chi connectivity index (χ0) is 22.1. The molecule has 1 aliphatic rings. The number of carbonyl (C=O) groups excluding carboxylic acids is 1. The van der Waals surface area contributed by atoms with Gasteiger partial charge in [0.2, 0.25) is 5.91 Å². The maximum atomic E-state index is 13.8. The first-order valence-electron chi connectivity index (χ1n) is 9.97. The number of quaternary nitrogens is 1. The Morgan fingerprint density at radius 3 is 2.67 bits per heavy atom. The van der Waals surface area contributed by atoms with E-state index in [-0.39, 0.29) is 24.9 Å². The molecule has 1 amide bonds. The highest BCUT2D eigenvalue weighted by atomic mass is 19.3.